The van der Waals surface area contributed by atoms with E-state index in [1.165, 1.54) is 31.0 Å². The van der Waals surface area contributed by atoms with E-state index < -0.39 is 23.3 Å². The van der Waals surface area contributed by atoms with E-state index in [-0.39, 0.29) is 5.60 Å². The first-order valence-electron chi connectivity index (χ1n) is 15.4. The van der Waals surface area contributed by atoms with E-state index in [2.05, 4.69) is 18.6 Å². The minimum absolute atomic E-state index is 0.243. The zero-order valence-corrected chi connectivity index (χ0v) is 27.1. The molecule has 4 rings (SSSR count). The summed E-state index contributed by atoms with van der Waals surface area (Å²) in [5, 5.41) is 0. The Kier molecular flexibility index (Phi) is 20.7. The topological polar surface area (TPSA) is 18.5 Å². The van der Waals surface area contributed by atoms with Crippen molar-refractivity contribution in [2.75, 3.05) is 21.3 Å². The zero-order valence-electron chi connectivity index (χ0n) is 27.1. The quantitative estimate of drug-likeness (QED) is 0.326. The monoisotopic (exact) mass is 584 g/mol. The minimum Gasteiger partial charge on any atom is -0.388 e. The molecule has 2 aliphatic rings. The molecule has 0 unspecified atom stereocenters. The summed E-state index contributed by atoms with van der Waals surface area (Å²) in [5.41, 5.74) is 0.982. The van der Waals surface area contributed by atoms with Crippen molar-refractivity contribution in [3.05, 3.63) is 70.8 Å². The second kappa shape index (κ2) is 21.7. The number of methoxy groups -OCH3 is 2. The molecule has 0 heterocycles. The first-order valence-corrected chi connectivity index (χ1v) is 15.4. The molecule has 236 valence electrons. The van der Waals surface area contributed by atoms with Crippen molar-refractivity contribution in [3.8, 4) is 0 Å². The molecule has 0 N–H and O–H groups in total. The molecule has 0 saturated heterocycles. The summed E-state index contributed by atoms with van der Waals surface area (Å²) in [7, 11) is 4.95. The van der Waals surface area contributed by atoms with Crippen LogP contribution < -0.4 is 0 Å². The van der Waals surface area contributed by atoms with E-state index in [0.29, 0.717) is 29.9 Å². The van der Waals surface area contributed by atoms with E-state index in [9.17, 15) is 17.6 Å². The molecule has 0 radical (unpaired) electrons. The highest BCUT2D eigenvalue weighted by atomic mass is 19.2. The summed E-state index contributed by atoms with van der Waals surface area (Å²) < 4.78 is 62.8. The molecular weight excluding hydrogens is 528 g/mol. The Morgan fingerprint density at radius 1 is 0.732 bits per heavy atom. The summed E-state index contributed by atoms with van der Waals surface area (Å²) in [5.74, 6) is -0.345. The molecule has 2 fully saturated rings. The van der Waals surface area contributed by atoms with Crippen LogP contribution in [0.5, 0.6) is 0 Å². The number of ether oxygens (including phenoxy) is 2. The molecular formula is C35H56F4O2. The zero-order chi connectivity index (χ0) is 31.4. The molecule has 2 aromatic rings. The van der Waals surface area contributed by atoms with Gasteiger partial charge in [0, 0.05) is 33.8 Å². The molecule has 0 atom stereocenters. The molecule has 0 amide bonds. The Morgan fingerprint density at radius 3 is 1.71 bits per heavy atom. The maximum atomic E-state index is 13.5. The van der Waals surface area contributed by atoms with Crippen LogP contribution in [0.4, 0.5) is 17.6 Å². The Bertz CT molecular complexity index is 914. The van der Waals surface area contributed by atoms with Crippen molar-refractivity contribution in [2.45, 2.75) is 111 Å². The molecule has 0 aromatic heterocycles. The molecule has 6 heteroatoms. The fraction of sp³-hybridized carbons (Fsp3) is 0.657. The predicted molar refractivity (Wildman–Crippen MR) is 164 cm³/mol. The maximum absolute atomic E-state index is 13.5. The SMILES string of the molecule is CC.CC.CC1CCC(Cc2cccc(F)c2F)CC1.COC.COC1(Cc2cc(F)cc(F)c2)CCC(C)CC1. The van der Waals surface area contributed by atoms with Crippen molar-refractivity contribution in [1.82, 2.24) is 0 Å². The molecule has 41 heavy (non-hydrogen) atoms. The van der Waals surface area contributed by atoms with Gasteiger partial charge in [-0.3, -0.25) is 0 Å². The van der Waals surface area contributed by atoms with Crippen LogP contribution in [0.25, 0.3) is 0 Å². The van der Waals surface area contributed by atoms with Crippen LogP contribution in [0.1, 0.15) is 104 Å². The highest BCUT2D eigenvalue weighted by Crippen LogP contribution is 2.37. The van der Waals surface area contributed by atoms with Crippen molar-refractivity contribution >= 4 is 0 Å². The van der Waals surface area contributed by atoms with Crippen LogP contribution >= 0.6 is 0 Å². The summed E-state index contributed by atoms with van der Waals surface area (Å²) >= 11 is 0. The molecule has 0 aliphatic heterocycles. The molecule has 0 bridgehead atoms. The van der Waals surface area contributed by atoms with Gasteiger partial charge in [0.2, 0.25) is 0 Å². The summed E-state index contributed by atoms with van der Waals surface area (Å²) in [6.07, 6.45) is 10.2. The van der Waals surface area contributed by atoms with Gasteiger partial charge in [-0.25, -0.2) is 17.6 Å². The number of hydrogen-bond donors (Lipinski definition) is 0. The van der Waals surface area contributed by atoms with Gasteiger partial charge in [-0.15, -0.1) is 0 Å². The third-order valence-electron chi connectivity index (χ3n) is 7.74. The normalized spacial score (nSPS) is 23.2. The van der Waals surface area contributed by atoms with Gasteiger partial charge in [0.15, 0.2) is 11.6 Å². The van der Waals surface area contributed by atoms with Crippen molar-refractivity contribution in [1.29, 1.82) is 0 Å². The summed E-state index contributed by atoms with van der Waals surface area (Å²) in [6.45, 7) is 12.5. The predicted octanol–water partition coefficient (Wildman–Crippen LogP) is 10.8. The van der Waals surface area contributed by atoms with Crippen LogP contribution in [-0.4, -0.2) is 26.9 Å². The van der Waals surface area contributed by atoms with Gasteiger partial charge in [0.05, 0.1) is 5.60 Å². The molecule has 2 nitrogen and oxygen atoms in total. The lowest BCUT2D eigenvalue weighted by Crippen LogP contribution is -2.38. The van der Waals surface area contributed by atoms with Crippen LogP contribution in [-0.2, 0) is 22.3 Å². The number of hydrogen-bond acceptors (Lipinski definition) is 2. The van der Waals surface area contributed by atoms with Gasteiger partial charge in [-0.1, -0.05) is 66.5 Å². The van der Waals surface area contributed by atoms with Crippen LogP contribution in [0.2, 0.25) is 0 Å². The fourth-order valence-electron chi connectivity index (χ4n) is 5.38. The van der Waals surface area contributed by atoms with Gasteiger partial charge in [-0.2, -0.15) is 0 Å². The van der Waals surface area contributed by atoms with E-state index in [0.717, 1.165) is 56.4 Å². The Morgan fingerprint density at radius 2 is 1.22 bits per heavy atom. The lowest BCUT2D eigenvalue weighted by Gasteiger charge is -2.38. The smallest absolute Gasteiger partial charge is 0.162 e. The van der Waals surface area contributed by atoms with Crippen LogP contribution in [0, 0.1) is 41.0 Å². The van der Waals surface area contributed by atoms with E-state index in [1.54, 1.807) is 33.5 Å². The molecule has 0 spiro atoms. The second-order valence-electron chi connectivity index (χ2n) is 11.0. The molecule has 2 saturated carbocycles. The first-order chi connectivity index (χ1) is 19.6. The van der Waals surface area contributed by atoms with Gasteiger partial charge >= 0.3 is 0 Å². The van der Waals surface area contributed by atoms with Crippen molar-refractivity contribution in [2.24, 2.45) is 17.8 Å². The number of benzene rings is 2. The van der Waals surface area contributed by atoms with Gasteiger partial charge in [0.25, 0.3) is 0 Å². The molecule has 2 aliphatic carbocycles. The van der Waals surface area contributed by atoms with Crippen molar-refractivity contribution < 1.29 is 27.0 Å². The Labute approximate surface area is 248 Å². The maximum Gasteiger partial charge on any atom is 0.162 e. The Hall–Kier alpha value is -1.92. The fourth-order valence-corrected chi connectivity index (χ4v) is 5.38. The average Bonchev–Trinajstić information content (AvgIpc) is 2.96. The third-order valence-corrected chi connectivity index (χ3v) is 7.74. The lowest BCUT2D eigenvalue weighted by molar-refractivity contribution is -0.0470. The molecule has 2 aromatic carbocycles. The third kappa shape index (κ3) is 14.7. The highest BCUT2D eigenvalue weighted by Gasteiger charge is 2.34. The van der Waals surface area contributed by atoms with Gasteiger partial charge in [0.1, 0.15) is 11.6 Å². The van der Waals surface area contributed by atoms with Crippen LogP contribution in [0.15, 0.2) is 36.4 Å². The average molecular weight is 585 g/mol. The van der Waals surface area contributed by atoms with Gasteiger partial charge < -0.3 is 9.47 Å². The lowest BCUT2D eigenvalue weighted by atomic mass is 9.76. The van der Waals surface area contributed by atoms with E-state index in [4.69, 9.17) is 4.74 Å². The highest BCUT2D eigenvalue weighted by molar-refractivity contribution is 5.21. The largest absolute Gasteiger partial charge is 0.388 e. The second-order valence-corrected chi connectivity index (χ2v) is 11.0. The Balaban J connectivity index is 0.000000644. The standard InChI is InChI=1S/C15H20F2O.C14H18F2.C2H6O.2C2H6/c1-11-3-5-15(18-2,6-4-11)10-12-7-13(16)9-14(17)8-12;1-10-5-7-11(8-6-10)9-12-3-2-4-13(15)14(12)16;1-3-2;2*1-2/h7-9,11H,3-6,10H2,1-2H3;2-4,10-11H,5-9H2,1H3;1-2H3;2*1-2H3. The van der Waals surface area contributed by atoms with E-state index in [1.807, 2.05) is 27.7 Å². The summed E-state index contributed by atoms with van der Waals surface area (Å²) in [6, 6.07) is 8.20. The summed E-state index contributed by atoms with van der Waals surface area (Å²) in [4.78, 5) is 0. The van der Waals surface area contributed by atoms with Gasteiger partial charge in [-0.05, 0) is 92.0 Å². The number of rotatable bonds is 5. The minimum atomic E-state index is -0.721. The van der Waals surface area contributed by atoms with Crippen molar-refractivity contribution in [3.63, 3.8) is 0 Å². The first kappa shape index (κ1) is 39.1. The van der Waals surface area contributed by atoms with Crippen LogP contribution in [0.3, 0.4) is 0 Å². The number of halogens is 4. The van der Waals surface area contributed by atoms with E-state index >= 15 is 0 Å².